The smallest absolute Gasteiger partial charge is 0.335 e. The van der Waals surface area contributed by atoms with Crippen molar-refractivity contribution in [2.75, 3.05) is 0 Å². The number of aromatic nitrogens is 2. The van der Waals surface area contributed by atoms with Gasteiger partial charge in [-0.3, -0.25) is 0 Å². The van der Waals surface area contributed by atoms with E-state index in [9.17, 15) is 4.79 Å². The van der Waals surface area contributed by atoms with Gasteiger partial charge in [0.05, 0.1) is 10.0 Å². The minimum absolute atomic E-state index is 0.192. The van der Waals surface area contributed by atoms with Crippen molar-refractivity contribution in [2.45, 2.75) is 20.1 Å². The molecular formula is C13H13BrN2O3. The second-order valence-electron chi connectivity index (χ2n) is 3.87. The van der Waals surface area contributed by atoms with Crippen LogP contribution in [0.2, 0.25) is 0 Å². The first-order valence-electron chi connectivity index (χ1n) is 5.77. The number of nitrogens with zero attached hydrogens (tertiary/aromatic N) is 2. The number of carboxylic acid groups (broad SMARTS) is 1. The normalized spacial score (nSPS) is 10.4. The monoisotopic (exact) mass is 324 g/mol. The van der Waals surface area contributed by atoms with Gasteiger partial charge in [-0.15, -0.1) is 0 Å². The van der Waals surface area contributed by atoms with Crippen LogP contribution < -0.4 is 4.74 Å². The Kier molecular flexibility index (Phi) is 4.21. The van der Waals surface area contributed by atoms with Gasteiger partial charge in [-0.25, -0.2) is 9.78 Å². The molecule has 5 nitrogen and oxygen atoms in total. The van der Waals surface area contributed by atoms with Crippen LogP contribution in [-0.4, -0.2) is 20.6 Å². The lowest BCUT2D eigenvalue weighted by molar-refractivity contribution is 0.0696. The topological polar surface area (TPSA) is 64.4 Å². The van der Waals surface area contributed by atoms with E-state index in [1.165, 1.54) is 12.1 Å². The molecule has 19 heavy (non-hydrogen) atoms. The highest BCUT2D eigenvalue weighted by atomic mass is 79.9. The van der Waals surface area contributed by atoms with Crippen molar-refractivity contribution in [3.05, 3.63) is 46.5 Å². The van der Waals surface area contributed by atoms with Gasteiger partial charge < -0.3 is 14.4 Å². The third-order valence-electron chi connectivity index (χ3n) is 2.68. The molecule has 1 N–H and O–H groups in total. The molecular weight excluding hydrogens is 312 g/mol. The summed E-state index contributed by atoms with van der Waals surface area (Å²) in [6.07, 6.45) is 3.59. The first-order valence-corrected chi connectivity index (χ1v) is 6.56. The van der Waals surface area contributed by atoms with Crippen molar-refractivity contribution in [2.24, 2.45) is 0 Å². The van der Waals surface area contributed by atoms with Crippen molar-refractivity contribution in [3.8, 4) is 5.75 Å². The summed E-state index contributed by atoms with van der Waals surface area (Å²) in [5.74, 6) is 0.313. The fourth-order valence-electron chi connectivity index (χ4n) is 1.66. The second-order valence-corrected chi connectivity index (χ2v) is 4.72. The standard InChI is InChI=1S/C13H13BrN2O3/c1-2-16-6-5-15-12(16)8-19-11-7-9(13(17)18)3-4-10(11)14/h3-7H,2,8H2,1H3,(H,17,18). The maximum absolute atomic E-state index is 10.9. The number of hydrogen-bond donors (Lipinski definition) is 1. The summed E-state index contributed by atoms with van der Waals surface area (Å²) in [5, 5.41) is 8.95. The van der Waals surface area contributed by atoms with Gasteiger partial charge in [-0.05, 0) is 41.1 Å². The molecule has 1 aromatic heterocycles. The van der Waals surface area contributed by atoms with E-state index in [4.69, 9.17) is 9.84 Å². The molecule has 100 valence electrons. The number of halogens is 1. The van der Waals surface area contributed by atoms with Gasteiger partial charge in [-0.2, -0.15) is 0 Å². The second kappa shape index (κ2) is 5.88. The quantitative estimate of drug-likeness (QED) is 0.918. The van der Waals surface area contributed by atoms with Crippen molar-refractivity contribution < 1.29 is 14.6 Å². The van der Waals surface area contributed by atoms with Crippen LogP contribution in [0.4, 0.5) is 0 Å². The molecule has 0 aliphatic carbocycles. The predicted octanol–water partition coefficient (Wildman–Crippen LogP) is 2.94. The van der Waals surface area contributed by atoms with E-state index >= 15 is 0 Å². The van der Waals surface area contributed by atoms with Gasteiger partial charge in [0.2, 0.25) is 0 Å². The van der Waals surface area contributed by atoms with Gasteiger partial charge in [0, 0.05) is 18.9 Å². The Morgan fingerprint density at radius 2 is 2.32 bits per heavy atom. The summed E-state index contributed by atoms with van der Waals surface area (Å²) in [6.45, 7) is 3.13. The van der Waals surface area contributed by atoms with Crippen LogP contribution in [0, 0.1) is 0 Å². The molecule has 0 spiro atoms. The van der Waals surface area contributed by atoms with E-state index in [1.54, 1.807) is 12.3 Å². The Morgan fingerprint density at radius 3 is 3.00 bits per heavy atom. The molecule has 2 aromatic rings. The molecule has 0 unspecified atom stereocenters. The Hall–Kier alpha value is -1.82. The first kappa shape index (κ1) is 13.6. The minimum Gasteiger partial charge on any atom is -0.484 e. The molecule has 1 aromatic carbocycles. The third kappa shape index (κ3) is 3.14. The summed E-state index contributed by atoms with van der Waals surface area (Å²) in [7, 11) is 0. The van der Waals surface area contributed by atoms with Gasteiger partial charge in [0.1, 0.15) is 18.2 Å². The van der Waals surface area contributed by atoms with Gasteiger partial charge in [0.25, 0.3) is 0 Å². The van der Waals surface area contributed by atoms with E-state index in [0.717, 1.165) is 12.4 Å². The number of carbonyl (C=O) groups is 1. The van der Waals surface area contributed by atoms with Crippen LogP contribution in [0.15, 0.2) is 35.1 Å². The molecule has 0 aliphatic heterocycles. The van der Waals surface area contributed by atoms with Crippen LogP contribution in [0.3, 0.4) is 0 Å². The summed E-state index contributed by atoms with van der Waals surface area (Å²) < 4.78 is 8.30. The zero-order valence-electron chi connectivity index (χ0n) is 10.3. The van der Waals surface area contributed by atoms with Gasteiger partial charge >= 0.3 is 5.97 Å². The molecule has 0 saturated carbocycles. The number of hydrogen-bond acceptors (Lipinski definition) is 3. The number of carboxylic acids is 1. The van der Waals surface area contributed by atoms with E-state index in [0.29, 0.717) is 16.8 Å². The Balaban J connectivity index is 2.15. The van der Waals surface area contributed by atoms with Crippen molar-refractivity contribution in [3.63, 3.8) is 0 Å². The Bertz CT molecular complexity index is 595. The van der Waals surface area contributed by atoms with Crippen LogP contribution in [0.5, 0.6) is 5.75 Å². The highest BCUT2D eigenvalue weighted by molar-refractivity contribution is 9.10. The molecule has 0 radical (unpaired) electrons. The maximum atomic E-state index is 10.9. The van der Waals surface area contributed by atoms with Crippen LogP contribution >= 0.6 is 15.9 Å². The molecule has 0 bridgehead atoms. The van der Waals surface area contributed by atoms with Crippen molar-refractivity contribution in [1.29, 1.82) is 0 Å². The van der Waals surface area contributed by atoms with Gasteiger partial charge in [0.15, 0.2) is 0 Å². The zero-order chi connectivity index (χ0) is 13.8. The highest BCUT2D eigenvalue weighted by Crippen LogP contribution is 2.26. The molecule has 0 aliphatic rings. The van der Waals surface area contributed by atoms with Crippen molar-refractivity contribution >= 4 is 21.9 Å². The largest absolute Gasteiger partial charge is 0.484 e. The molecule has 1 heterocycles. The van der Waals surface area contributed by atoms with Crippen molar-refractivity contribution in [1.82, 2.24) is 9.55 Å². The number of imidazole rings is 1. The fraction of sp³-hybridized carbons (Fsp3) is 0.231. The van der Waals surface area contributed by atoms with Crippen LogP contribution in [-0.2, 0) is 13.2 Å². The highest BCUT2D eigenvalue weighted by Gasteiger charge is 2.09. The summed E-state index contributed by atoms with van der Waals surface area (Å²) in [4.78, 5) is 15.1. The summed E-state index contributed by atoms with van der Waals surface area (Å²) in [6, 6.07) is 4.67. The number of aryl methyl sites for hydroxylation is 1. The number of ether oxygens (including phenoxy) is 1. The minimum atomic E-state index is -0.979. The molecule has 6 heteroatoms. The Morgan fingerprint density at radius 1 is 1.53 bits per heavy atom. The summed E-state index contributed by atoms with van der Waals surface area (Å²) in [5.41, 5.74) is 0.192. The molecule has 2 rings (SSSR count). The van der Waals surface area contributed by atoms with E-state index in [2.05, 4.69) is 20.9 Å². The summed E-state index contributed by atoms with van der Waals surface area (Å²) >= 11 is 3.33. The Labute approximate surface area is 119 Å². The average Bonchev–Trinajstić information content (AvgIpc) is 2.85. The van der Waals surface area contributed by atoms with E-state index in [1.807, 2.05) is 17.7 Å². The maximum Gasteiger partial charge on any atom is 0.335 e. The predicted molar refractivity (Wildman–Crippen MR) is 73.3 cm³/mol. The van der Waals surface area contributed by atoms with E-state index < -0.39 is 5.97 Å². The van der Waals surface area contributed by atoms with Crippen LogP contribution in [0.1, 0.15) is 23.1 Å². The zero-order valence-corrected chi connectivity index (χ0v) is 11.9. The number of rotatable bonds is 5. The SMILES string of the molecule is CCn1ccnc1COc1cc(C(=O)O)ccc1Br. The van der Waals surface area contributed by atoms with E-state index in [-0.39, 0.29) is 5.56 Å². The lowest BCUT2D eigenvalue weighted by atomic mass is 10.2. The average molecular weight is 325 g/mol. The molecule has 0 atom stereocenters. The van der Waals surface area contributed by atoms with Crippen LogP contribution in [0.25, 0.3) is 0 Å². The lowest BCUT2D eigenvalue weighted by Gasteiger charge is -2.09. The third-order valence-corrected chi connectivity index (χ3v) is 3.33. The molecule has 0 amide bonds. The molecule has 0 fully saturated rings. The molecule has 0 saturated heterocycles. The number of aromatic carboxylic acids is 1. The van der Waals surface area contributed by atoms with Gasteiger partial charge in [-0.1, -0.05) is 0 Å². The first-order chi connectivity index (χ1) is 9.11. The lowest BCUT2D eigenvalue weighted by Crippen LogP contribution is -2.06. The fourth-order valence-corrected chi connectivity index (χ4v) is 2.02. The number of benzene rings is 1.